The van der Waals surface area contributed by atoms with Crippen LogP contribution in [-0.2, 0) is 70.4 Å². The zero-order chi connectivity index (χ0) is 94.8. The molecule has 131 heavy (non-hydrogen) atoms. The van der Waals surface area contributed by atoms with Crippen LogP contribution >= 0.6 is 23.5 Å². The molecule has 6 aromatic rings. The van der Waals surface area contributed by atoms with Crippen molar-refractivity contribution in [1.82, 2.24) is 62.7 Å². The quantitative estimate of drug-likeness (QED) is 0.00831. The highest BCUT2D eigenvalue weighted by atomic mass is 32.2. The van der Waals surface area contributed by atoms with Gasteiger partial charge in [-0.05, 0) is 198 Å². The molecule has 3 aliphatic rings. The second-order valence-electron chi connectivity index (χ2n) is 31.9. The van der Waals surface area contributed by atoms with Crippen LogP contribution in [0.3, 0.4) is 0 Å². The van der Waals surface area contributed by atoms with Crippen LogP contribution in [0.25, 0.3) is 10.9 Å². The number of para-hydroxylation sites is 1. The standard InChI is InChI=1S/C87H125N23O19S2/c1-124-66-38-47(39-67(125-2)75(66)126-3)72-52-40-64-65(129-46-128-64)41-53(52)74(54-44-127-85(123)73(54)72)102-50-24-22-49(23-25-50)101-70(112)27-35-110-71(113)42-68(84(110)122)131-45-55(91)77(115)97-34-26-69(111)103-58(20-13-32-98-86(93)94)78(116)106-61(21-14-33-99-87(95)96)80(118)108-62(28-36-130-4)82(120)105-60(19-9-12-31-90)81(119)109-63(37-48-43-100-56-16-6-5-15-51(48)56)83(121)107-59(18-8-11-30-89)79(117)104-57(76(92)114)17-7-10-29-88/h5-6,15-16,22-25,38-43,54-55,57-63,72-74,100,102,113,122H,7-14,17-21,26-37,44-46,88-91H2,1-4H3,(H2,92,114)(H,97,115)(H,101,112)(H,103,111)(H,104,117)(H,105,120)(H,106,116)(H,107,121)(H,108,118)(H,109,119)(H4,93,94,98)(H4,95,96,99)/t54-,55-,57-,58-,59-,60-,61-,62-,63-,72+,73-,74+/m0/s1. The van der Waals surface area contributed by atoms with Crippen molar-refractivity contribution in [2.24, 2.45) is 52.0 Å². The number of unbranched alkanes of at least 4 members (excludes halogenated alkanes) is 3. The van der Waals surface area contributed by atoms with E-state index in [0.29, 0.717) is 96.5 Å². The third kappa shape index (κ3) is 29.2. The van der Waals surface area contributed by atoms with Gasteiger partial charge in [-0.25, -0.2) is 0 Å². The number of anilines is 2. The minimum Gasteiger partial charge on any atom is -0.494 e. The molecule has 9 rings (SSSR count). The Hall–Kier alpha value is -12.7. The zero-order valence-corrected chi connectivity index (χ0v) is 75.6. The average Bonchev–Trinajstić information content (AvgIpc) is 1.64. The van der Waals surface area contributed by atoms with Gasteiger partial charge >= 0.3 is 5.97 Å². The van der Waals surface area contributed by atoms with E-state index >= 15 is 0 Å². The third-order valence-electron chi connectivity index (χ3n) is 22.7. The van der Waals surface area contributed by atoms with Gasteiger partial charge in [-0.3, -0.25) is 68.1 Å². The number of nitrogens with one attached hydrogen (secondary N) is 15. The van der Waals surface area contributed by atoms with Crippen LogP contribution < -0.4 is 128 Å². The number of aromatic nitrogens is 2. The fourth-order valence-electron chi connectivity index (χ4n) is 15.8. The van der Waals surface area contributed by atoms with Crippen LogP contribution in [0.1, 0.15) is 137 Å². The summed E-state index contributed by atoms with van der Waals surface area (Å²) in [6.45, 7) is 0.706. The van der Waals surface area contributed by atoms with Crippen molar-refractivity contribution < 1.29 is 91.4 Å². The molecule has 0 spiro atoms. The lowest BCUT2D eigenvalue weighted by Gasteiger charge is -2.40. The summed E-state index contributed by atoms with van der Waals surface area (Å²) in [6, 6.07) is 12.1. The lowest BCUT2D eigenvalue weighted by atomic mass is 9.65. The van der Waals surface area contributed by atoms with Crippen molar-refractivity contribution in [3.63, 3.8) is 0 Å². The Morgan fingerprint density at radius 1 is 0.573 bits per heavy atom. The summed E-state index contributed by atoms with van der Waals surface area (Å²) >= 11 is 2.29. The fraction of sp³-hybridized carbons (Fsp3) is 0.506. The first kappa shape index (κ1) is 102. The van der Waals surface area contributed by atoms with Crippen LogP contribution in [0.2, 0.25) is 0 Å². The number of aromatic amines is 1. The second kappa shape index (κ2) is 51.1. The molecule has 4 heterocycles. The predicted molar refractivity (Wildman–Crippen MR) is 493 cm³/mol. The van der Waals surface area contributed by atoms with Crippen LogP contribution in [0, 0.1) is 22.7 Å². The molecular weight excluding hydrogens is 1740 g/mol. The number of amides is 10. The van der Waals surface area contributed by atoms with E-state index in [2.05, 4.69) is 68.8 Å². The summed E-state index contributed by atoms with van der Waals surface area (Å²) in [7, 11) is 4.55. The van der Waals surface area contributed by atoms with Gasteiger partial charge < -0.3 is 148 Å². The first-order valence-corrected chi connectivity index (χ1v) is 45.9. The largest absolute Gasteiger partial charge is 0.494 e. The molecule has 31 N–H and O–H groups in total. The number of nitrogens with two attached hydrogens (primary N) is 7. The minimum atomic E-state index is -1.42. The molecule has 714 valence electrons. The number of guanidine groups is 2. The number of carbonyl (C=O) groups is 11. The lowest BCUT2D eigenvalue weighted by Crippen LogP contribution is -2.60. The number of hydrogen-bond acceptors (Lipinski definition) is 28. The van der Waals surface area contributed by atoms with Crippen molar-refractivity contribution in [2.75, 3.05) is 102 Å². The summed E-state index contributed by atoms with van der Waals surface area (Å²) in [6.07, 6.45) is 5.83. The second-order valence-corrected chi connectivity index (χ2v) is 34.0. The molecule has 4 aromatic carbocycles. The van der Waals surface area contributed by atoms with E-state index in [4.69, 9.17) is 79.4 Å². The number of thioether (sulfide) groups is 2. The molecule has 42 nitrogen and oxygen atoms in total. The van der Waals surface area contributed by atoms with Crippen LogP contribution in [-0.4, -0.2) is 237 Å². The van der Waals surface area contributed by atoms with E-state index < -0.39 is 131 Å². The molecule has 44 heteroatoms. The lowest BCUT2D eigenvalue weighted by molar-refractivity contribution is -0.141. The van der Waals surface area contributed by atoms with E-state index in [9.17, 15) is 63.0 Å². The van der Waals surface area contributed by atoms with Gasteiger partial charge in [0.25, 0.3) is 0 Å². The van der Waals surface area contributed by atoms with E-state index in [1.54, 1.807) is 42.8 Å². The monoisotopic (exact) mass is 1860 g/mol. The number of fused-ring (bicyclic) bond motifs is 4. The van der Waals surface area contributed by atoms with Crippen LogP contribution in [0.15, 0.2) is 90.0 Å². The van der Waals surface area contributed by atoms with Gasteiger partial charge in [0.15, 0.2) is 40.8 Å². The number of primary amides is 1. The van der Waals surface area contributed by atoms with Crippen molar-refractivity contribution >= 4 is 123 Å². The first-order chi connectivity index (χ1) is 63.0. The van der Waals surface area contributed by atoms with E-state index in [-0.39, 0.29) is 164 Å². The third-order valence-corrected chi connectivity index (χ3v) is 24.5. The Bertz CT molecular complexity index is 4920. The number of hydrogen-bond donors (Lipinski definition) is 24. The van der Waals surface area contributed by atoms with Crippen LogP contribution in [0.4, 0.5) is 11.4 Å². The first-order valence-electron chi connectivity index (χ1n) is 43.6. The molecule has 0 saturated carbocycles. The number of carbonyl (C=O) groups excluding carboxylic acids is 11. The summed E-state index contributed by atoms with van der Waals surface area (Å²) < 4.78 is 35.7. The maximum atomic E-state index is 14.9. The molecule has 1 saturated heterocycles. The Balaban J connectivity index is 0.797. The van der Waals surface area contributed by atoms with Crippen molar-refractivity contribution in [3.8, 4) is 40.5 Å². The SMILES string of the molecule is COc1cc([C@@H]2c3cc4c(cc3[C@@H](Nc3ccc(NC(=O)CCn5c(O)cc(SC[C@H](N)C(=O)NCCC(=O)N[C@@H](CCCNC(=N)N)C(=O)N[C@@H](CCCNC(=N)N)C(=O)N[C@@H](CCSC)C(=O)N[C@@H](CCCCN)C(=O)N[C@@H](Cc6c[nH]c7ccccc67)C(=O)N[C@@H](CCCCN)C(=O)N[C@@H](CCCCN)C(N)=O)c5O)cc3)[C@H]3COC(=O)[C@H]23)OCO4)cc(OC)c1OC. The highest BCUT2D eigenvalue weighted by Gasteiger charge is 2.53. The van der Waals surface area contributed by atoms with Gasteiger partial charge in [0, 0.05) is 97.6 Å². The number of nitrogens with zero attached hydrogens (tertiary/aromatic N) is 1. The Kier molecular flexibility index (Phi) is 39.8. The van der Waals surface area contributed by atoms with Crippen molar-refractivity contribution in [1.29, 1.82) is 10.8 Å². The molecule has 0 radical (unpaired) electrons. The summed E-state index contributed by atoms with van der Waals surface area (Å²) in [4.78, 5) is 158. The highest BCUT2D eigenvalue weighted by Crippen LogP contribution is 2.56. The molecule has 12 atom stereocenters. The summed E-state index contributed by atoms with van der Waals surface area (Å²) in [5.74, 6) is -8.37. The summed E-state index contributed by atoms with van der Waals surface area (Å²) in [5.41, 5.74) is 45.4. The molecule has 10 amide bonds. The van der Waals surface area contributed by atoms with Gasteiger partial charge in [0.1, 0.15) is 42.3 Å². The molecule has 0 unspecified atom stereocenters. The molecule has 1 aliphatic carbocycles. The number of ether oxygens (including phenoxy) is 6. The summed E-state index contributed by atoms with van der Waals surface area (Å²) in [5, 5.41) is 72.0. The number of esters is 1. The Morgan fingerprint density at radius 2 is 1.08 bits per heavy atom. The van der Waals surface area contributed by atoms with Gasteiger partial charge in [0.2, 0.25) is 77.5 Å². The Labute approximate surface area is 766 Å². The van der Waals surface area contributed by atoms with Gasteiger partial charge in [-0.2, -0.15) is 11.8 Å². The van der Waals surface area contributed by atoms with Gasteiger partial charge in [-0.15, -0.1) is 11.8 Å². The number of cyclic esters (lactones) is 1. The number of rotatable bonds is 56. The topological polar surface area (TPSA) is 679 Å². The normalized spacial score (nSPS) is 16.4. The molecule has 0 bridgehead atoms. The van der Waals surface area contributed by atoms with Crippen molar-refractivity contribution in [3.05, 3.63) is 107 Å². The maximum Gasteiger partial charge on any atom is 0.310 e. The van der Waals surface area contributed by atoms with E-state index in [0.717, 1.165) is 43.9 Å². The molecule has 2 aliphatic heterocycles. The zero-order valence-electron chi connectivity index (χ0n) is 73.9. The molecular formula is C87H125N23O19S2. The van der Waals surface area contributed by atoms with Crippen molar-refractivity contribution in [2.45, 2.75) is 181 Å². The van der Waals surface area contributed by atoms with E-state index in [1.165, 1.54) is 39.2 Å². The molecule has 1 fully saturated rings. The average molecular weight is 1860 g/mol. The fourth-order valence-corrected chi connectivity index (χ4v) is 17.3. The molecule has 2 aromatic heterocycles. The van der Waals surface area contributed by atoms with Gasteiger partial charge in [-0.1, -0.05) is 18.2 Å². The smallest absolute Gasteiger partial charge is 0.310 e. The number of benzene rings is 4. The number of methoxy groups -OCH3 is 3. The van der Waals surface area contributed by atoms with Crippen LogP contribution in [0.5, 0.6) is 40.5 Å². The van der Waals surface area contributed by atoms with E-state index in [1.807, 2.05) is 42.5 Å². The van der Waals surface area contributed by atoms with Gasteiger partial charge in [0.05, 0.1) is 50.8 Å². The highest BCUT2D eigenvalue weighted by molar-refractivity contribution is 7.99. The minimum absolute atomic E-state index is 0.00359. The predicted octanol–water partition coefficient (Wildman–Crippen LogP) is 0.966. The maximum absolute atomic E-state index is 14.9. The number of H-pyrrole nitrogens is 1. The Morgan fingerprint density at radius 3 is 1.63 bits per heavy atom. The number of aromatic hydroxyl groups is 2.